The lowest BCUT2D eigenvalue weighted by atomic mass is 10.3. The van der Waals surface area contributed by atoms with Crippen molar-refractivity contribution in [2.75, 3.05) is 0 Å². The Bertz CT molecular complexity index is 445. The lowest BCUT2D eigenvalue weighted by molar-refractivity contribution is -0.696. The second-order valence-electron chi connectivity index (χ2n) is 4.21. The van der Waals surface area contributed by atoms with Gasteiger partial charge < -0.3 is 12.4 Å². The summed E-state index contributed by atoms with van der Waals surface area (Å²) in [5.74, 6) is 0. The molecular weight excluding hydrogens is 276 g/mol. The molecule has 1 N–H and O–H groups in total. The van der Waals surface area contributed by atoms with Crippen molar-refractivity contribution >= 4 is 10.1 Å². The maximum Gasteiger partial charge on any atom is 0.307 e. The Morgan fingerprint density at radius 3 is 2.50 bits per heavy atom. The van der Waals surface area contributed by atoms with E-state index in [-0.39, 0.29) is 12.4 Å². The first-order chi connectivity index (χ1) is 7.99. The van der Waals surface area contributed by atoms with E-state index in [1.165, 1.54) is 0 Å². The molecule has 0 radical (unpaired) electrons. The van der Waals surface area contributed by atoms with Crippen LogP contribution in [0.2, 0.25) is 0 Å². The summed E-state index contributed by atoms with van der Waals surface area (Å²) < 4.78 is 35.2. The predicted molar refractivity (Wildman–Crippen MR) is 65.0 cm³/mol. The summed E-state index contributed by atoms with van der Waals surface area (Å²) in [6.45, 7) is 4.87. The highest BCUT2D eigenvalue weighted by Gasteiger charge is 2.28. The van der Waals surface area contributed by atoms with E-state index < -0.39 is 15.5 Å². The summed E-state index contributed by atoms with van der Waals surface area (Å²) in [5.41, 5.74) is 0. The van der Waals surface area contributed by atoms with E-state index in [2.05, 4.69) is 6.92 Å². The number of nitrogens with zero attached hydrogens (tertiary/aromatic N) is 2. The van der Waals surface area contributed by atoms with Crippen molar-refractivity contribution in [2.24, 2.45) is 0 Å². The fourth-order valence-corrected chi connectivity index (χ4v) is 2.72. The number of hydrogen-bond acceptors (Lipinski definition) is 2. The molecule has 0 saturated heterocycles. The monoisotopic (exact) mass is 296 g/mol. The summed E-state index contributed by atoms with van der Waals surface area (Å²) in [7, 11) is -4.04. The third-order valence-corrected chi connectivity index (χ3v) is 3.86. The number of halogens is 1. The first-order valence-corrected chi connectivity index (χ1v) is 7.52. The molecular formula is C11H21ClN2O3S. The second-order valence-corrected chi connectivity index (χ2v) is 5.78. The number of unbranched alkanes of at least 4 members (excludes halogenated alkanes) is 1. The molecule has 7 heteroatoms. The molecule has 1 rings (SSSR count). The summed E-state index contributed by atoms with van der Waals surface area (Å²) >= 11 is 0. The Balaban J connectivity index is 0.00000289. The van der Waals surface area contributed by atoms with Crippen LogP contribution in [0.3, 0.4) is 0 Å². The van der Waals surface area contributed by atoms with Gasteiger partial charge in [0.05, 0.1) is 6.54 Å². The summed E-state index contributed by atoms with van der Waals surface area (Å²) in [5, 5.41) is -0.865. The summed E-state index contributed by atoms with van der Waals surface area (Å²) in [4.78, 5) is 0. The lowest BCUT2D eigenvalue weighted by Crippen LogP contribution is -3.00. The first-order valence-electron chi connectivity index (χ1n) is 6.01. The van der Waals surface area contributed by atoms with Crippen LogP contribution in [0.25, 0.3) is 0 Å². The zero-order chi connectivity index (χ0) is 12.9. The van der Waals surface area contributed by atoms with Crippen molar-refractivity contribution in [3.05, 3.63) is 18.7 Å². The lowest BCUT2D eigenvalue weighted by Gasteiger charge is -2.08. The fraction of sp³-hybridized carbons (Fsp3) is 0.727. The van der Waals surface area contributed by atoms with Gasteiger partial charge in [-0.1, -0.05) is 26.7 Å². The van der Waals surface area contributed by atoms with Gasteiger partial charge in [0.2, 0.25) is 11.7 Å². The predicted octanol–water partition coefficient (Wildman–Crippen LogP) is -1.23. The van der Waals surface area contributed by atoms with Gasteiger partial charge in [0.25, 0.3) is 0 Å². The molecule has 0 saturated carbocycles. The Morgan fingerprint density at radius 1 is 1.33 bits per heavy atom. The zero-order valence-electron chi connectivity index (χ0n) is 10.8. The van der Waals surface area contributed by atoms with Crippen LogP contribution < -0.4 is 17.0 Å². The fourth-order valence-electron chi connectivity index (χ4n) is 1.75. The molecule has 0 aromatic carbocycles. The average molecular weight is 297 g/mol. The highest BCUT2D eigenvalue weighted by molar-refractivity contribution is 7.85. The third-order valence-electron chi connectivity index (χ3n) is 2.69. The van der Waals surface area contributed by atoms with Crippen LogP contribution in [-0.2, 0) is 16.7 Å². The van der Waals surface area contributed by atoms with Gasteiger partial charge in [-0.15, -0.1) is 0 Å². The van der Waals surface area contributed by atoms with E-state index in [1.54, 1.807) is 17.1 Å². The smallest absolute Gasteiger partial charge is 0.307 e. The van der Waals surface area contributed by atoms with E-state index >= 15 is 0 Å². The van der Waals surface area contributed by atoms with Crippen LogP contribution in [0.4, 0.5) is 0 Å². The van der Waals surface area contributed by atoms with Gasteiger partial charge in [-0.3, -0.25) is 4.55 Å². The Labute approximate surface area is 115 Å². The molecule has 1 unspecified atom stereocenters. The zero-order valence-corrected chi connectivity index (χ0v) is 12.4. The van der Waals surface area contributed by atoms with E-state index in [0.717, 1.165) is 19.4 Å². The van der Waals surface area contributed by atoms with Crippen molar-refractivity contribution < 1.29 is 29.9 Å². The number of aromatic nitrogens is 2. The van der Waals surface area contributed by atoms with Gasteiger partial charge >= 0.3 is 10.1 Å². The first kappa shape index (κ1) is 17.4. The Kier molecular flexibility index (Phi) is 7.51. The largest absolute Gasteiger partial charge is 1.00 e. The van der Waals surface area contributed by atoms with Gasteiger partial charge in [-0.2, -0.15) is 8.42 Å². The minimum atomic E-state index is -4.04. The number of rotatable bonds is 7. The second kappa shape index (κ2) is 7.76. The van der Waals surface area contributed by atoms with Crippen LogP contribution in [0, 0.1) is 0 Å². The number of imidazole rings is 1. The van der Waals surface area contributed by atoms with E-state index in [0.29, 0.717) is 12.8 Å². The van der Waals surface area contributed by atoms with Gasteiger partial charge in [0, 0.05) is 6.42 Å². The molecule has 1 heterocycles. The van der Waals surface area contributed by atoms with Crippen LogP contribution in [-0.4, -0.2) is 17.5 Å². The third kappa shape index (κ3) is 4.96. The van der Waals surface area contributed by atoms with Crippen molar-refractivity contribution in [3.8, 4) is 0 Å². The van der Waals surface area contributed by atoms with Gasteiger partial charge in [-0.05, 0) is 6.42 Å². The Hall–Kier alpha value is -0.590. The molecule has 0 amide bonds. The Morgan fingerprint density at radius 2 is 2.00 bits per heavy atom. The molecule has 0 aliphatic heterocycles. The molecule has 0 aliphatic carbocycles. The van der Waals surface area contributed by atoms with Crippen LogP contribution in [0.5, 0.6) is 0 Å². The maximum absolute atomic E-state index is 11.3. The molecule has 0 aliphatic rings. The topological polar surface area (TPSA) is 63.2 Å². The van der Waals surface area contributed by atoms with E-state index in [9.17, 15) is 13.0 Å². The van der Waals surface area contributed by atoms with E-state index in [1.807, 2.05) is 17.7 Å². The van der Waals surface area contributed by atoms with Crippen LogP contribution in [0.1, 0.15) is 44.9 Å². The van der Waals surface area contributed by atoms with Gasteiger partial charge in [0.1, 0.15) is 12.4 Å². The van der Waals surface area contributed by atoms with Crippen LogP contribution >= 0.6 is 0 Å². The van der Waals surface area contributed by atoms with E-state index in [4.69, 9.17) is 0 Å². The standard InChI is InChI=1S/C11H20N2O3S.ClH/c1-3-5-7-12-8-9-13(10-12)11(6-4-2)17(14,15)16;/h8-11H,3-7H2,1-2H3;1H. The molecule has 0 bridgehead atoms. The molecule has 106 valence electrons. The minimum absolute atomic E-state index is 0. The molecule has 0 spiro atoms. The van der Waals surface area contributed by atoms with Crippen molar-refractivity contribution in [2.45, 2.75) is 51.4 Å². The van der Waals surface area contributed by atoms with Gasteiger partial charge in [-0.25, -0.2) is 9.13 Å². The highest BCUT2D eigenvalue weighted by Crippen LogP contribution is 2.18. The van der Waals surface area contributed by atoms with Crippen molar-refractivity contribution in [3.63, 3.8) is 0 Å². The maximum atomic E-state index is 11.3. The minimum Gasteiger partial charge on any atom is -1.00 e. The molecule has 1 aromatic heterocycles. The molecule has 1 atom stereocenters. The van der Waals surface area contributed by atoms with Crippen LogP contribution in [0.15, 0.2) is 18.7 Å². The van der Waals surface area contributed by atoms with Gasteiger partial charge in [0.15, 0.2) is 0 Å². The molecule has 5 nitrogen and oxygen atoms in total. The summed E-state index contributed by atoms with van der Waals surface area (Å²) in [6, 6.07) is 0. The van der Waals surface area contributed by atoms with Crippen molar-refractivity contribution in [1.82, 2.24) is 4.57 Å². The molecule has 18 heavy (non-hydrogen) atoms. The average Bonchev–Trinajstić information content (AvgIpc) is 2.69. The molecule has 1 aromatic rings. The number of hydrogen-bond donors (Lipinski definition) is 1. The SMILES string of the molecule is CCCC[n+]1ccn(C(CCC)S(=O)(=O)O)c1.[Cl-]. The highest BCUT2D eigenvalue weighted by atomic mass is 35.5. The molecule has 0 fully saturated rings. The normalized spacial score (nSPS) is 13.1. The summed E-state index contributed by atoms with van der Waals surface area (Å²) in [6.07, 6.45) is 8.55. The quantitative estimate of drug-likeness (QED) is 0.506. The number of aryl methyl sites for hydroxylation is 1. The van der Waals surface area contributed by atoms with Crippen molar-refractivity contribution in [1.29, 1.82) is 0 Å².